The number of carboxylic acids is 1. The fourth-order valence-corrected chi connectivity index (χ4v) is 9.25. The number of amides is 3. The summed E-state index contributed by atoms with van der Waals surface area (Å²) in [5.74, 6) is -6.07. The third-order valence-electron chi connectivity index (χ3n) is 12.0. The van der Waals surface area contributed by atoms with E-state index >= 15 is 0 Å². The van der Waals surface area contributed by atoms with Crippen molar-refractivity contribution in [2.24, 2.45) is 5.92 Å². The van der Waals surface area contributed by atoms with E-state index < -0.39 is 176 Å². The maximum absolute atomic E-state index is 14.7. The Labute approximate surface area is 404 Å². The van der Waals surface area contributed by atoms with E-state index in [0.29, 0.717) is 0 Å². The van der Waals surface area contributed by atoms with Crippen LogP contribution in [0.15, 0.2) is 48.5 Å². The van der Waals surface area contributed by atoms with Crippen molar-refractivity contribution in [1.29, 1.82) is 0 Å². The first-order valence-corrected chi connectivity index (χ1v) is 23.8. The lowest BCUT2D eigenvalue weighted by atomic mass is 9.80. The van der Waals surface area contributed by atoms with Crippen LogP contribution in [0.4, 0.5) is 11.4 Å². The van der Waals surface area contributed by atoms with E-state index in [1.165, 1.54) is 18.2 Å². The van der Waals surface area contributed by atoms with Crippen molar-refractivity contribution in [1.82, 2.24) is 10.6 Å². The van der Waals surface area contributed by atoms with Crippen LogP contribution in [0.25, 0.3) is 0 Å². The van der Waals surface area contributed by atoms with Gasteiger partial charge in [-0.25, -0.2) is 13.2 Å². The van der Waals surface area contributed by atoms with Crippen molar-refractivity contribution in [3.8, 4) is 11.5 Å². The molecule has 4 saturated heterocycles. The highest BCUT2D eigenvalue weighted by Gasteiger charge is 2.57. The molecule has 15 N–H and O–H groups in total. The van der Waals surface area contributed by atoms with Gasteiger partial charge in [0.05, 0.1) is 43.4 Å². The zero-order chi connectivity index (χ0) is 52.2. The molecule has 0 radical (unpaired) electrons. The van der Waals surface area contributed by atoms with E-state index in [9.17, 15) is 83.8 Å². The summed E-state index contributed by atoms with van der Waals surface area (Å²) in [4.78, 5) is 51.5. The third-order valence-corrected chi connectivity index (χ3v) is 12.6. The molecule has 4 fully saturated rings. The Hall–Kier alpha value is -4.77. The van der Waals surface area contributed by atoms with Crippen LogP contribution in [0.1, 0.15) is 20.3 Å². The van der Waals surface area contributed by atoms with Crippen LogP contribution in [0.2, 0.25) is 0 Å². The van der Waals surface area contributed by atoms with Gasteiger partial charge in [-0.1, -0.05) is 18.2 Å². The van der Waals surface area contributed by atoms with Crippen LogP contribution in [-0.2, 0) is 57.6 Å². The Morgan fingerprint density at radius 1 is 0.648 bits per heavy atom. The van der Waals surface area contributed by atoms with E-state index in [1.807, 2.05) is 0 Å². The summed E-state index contributed by atoms with van der Waals surface area (Å²) < 4.78 is 67.1. The molecule has 20 unspecified atom stereocenters. The maximum Gasteiger partial charge on any atom is 0.335 e. The molecule has 0 spiro atoms. The van der Waals surface area contributed by atoms with Gasteiger partial charge in [0.1, 0.15) is 78.9 Å². The summed E-state index contributed by atoms with van der Waals surface area (Å²) in [5.41, 5.74) is -0.147. The number of anilines is 2. The smallest absolute Gasteiger partial charge is 0.335 e. The van der Waals surface area contributed by atoms with Crippen LogP contribution in [0.5, 0.6) is 11.5 Å². The Bertz CT molecular complexity index is 2290. The number of para-hydroxylation sites is 1. The van der Waals surface area contributed by atoms with Crippen molar-refractivity contribution < 1.29 is 117 Å². The number of hydrogen-bond acceptors (Lipinski definition) is 23. The number of ether oxygens (including phenoxy) is 7. The molecule has 2 aromatic carbocycles. The quantitative estimate of drug-likeness (QED) is 0.0701. The average Bonchev–Trinajstić information content (AvgIpc) is 3.30. The number of carboxylic acid groups (broad SMARTS) is 1. The molecule has 20 atom stereocenters. The molecule has 0 aromatic heterocycles. The number of benzene rings is 2. The van der Waals surface area contributed by atoms with E-state index in [4.69, 9.17) is 33.2 Å². The molecule has 4 aliphatic heterocycles. The number of hydrogen-bond donors (Lipinski definition) is 15. The first-order chi connectivity index (χ1) is 33.4. The summed E-state index contributed by atoms with van der Waals surface area (Å²) in [5, 5.41) is 126. The summed E-state index contributed by atoms with van der Waals surface area (Å²) in [6, 6.07) is 8.54. The maximum atomic E-state index is 14.7. The summed E-state index contributed by atoms with van der Waals surface area (Å²) in [7, 11) is -3.89. The predicted molar refractivity (Wildman–Crippen MR) is 234 cm³/mol. The predicted octanol–water partition coefficient (Wildman–Crippen LogP) is -5.90. The molecule has 0 aliphatic carbocycles. The van der Waals surface area contributed by atoms with E-state index in [-0.39, 0.29) is 22.9 Å². The molecule has 28 nitrogen and oxygen atoms in total. The van der Waals surface area contributed by atoms with Gasteiger partial charge in [-0.2, -0.15) is 0 Å². The Kier molecular flexibility index (Phi) is 18.3. The number of sulfonamides is 1. The van der Waals surface area contributed by atoms with Gasteiger partial charge in [-0.15, -0.1) is 0 Å². The molecule has 4 heterocycles. The van der Waals surface area contributed by atoms with Crippen LogP contribution < -0.4 is 25.4 Å². The minimum Gasteiger partial charge on any atom is -0.479 e. The van der Waals surface area contributed by atoms with Gasteiger partial charge in [0.25, 0.3) is 5.91 Å². The number of nitrogens with one attached hydrogen (secondary N) is 4. The zero-order valence-corrected chi connectivity index (χ0v) is 38.7. The molecule has 396 valence electrons. The lowest BCUT2D eigenvalue weighted by Crippen LogP contribution is -2.69. The molecule has 3 amide bonds. The van der Waals surface area contributed by atoms with Gasteiger partial charge in [0.2, 0.25) is 21.8 Å². The second kappa shape index (κ2) is 23.4. The molecule has 0 bridgehead atoms. The lowest BCUT2D eigenvalue weighted by molar-refractivity contribution is -0.335. The third kappa shape index (κ3) is 13.1. The van der Waals surface area contributed by atoms with Gasteiger partial charge < -0.3 is 105 Å². The Morgan fingerprint density at radius 2 is 1.20 bits per heavy atom. The molecule has 4 aliphatic rings. The van der Waals surface area contributed by atoms with Crippen molar-refractivity contribution in [3.63, 3.8) is 0 Å². The van der Waals surface area contributed by atoms with E-state index in [2.05, 4.69) is 20.7 Å². The normalized spacial score (nSPS) is 37.5. The second-order valence-corrected chi connectivity index (χ2v) is 19.1. The minimum absolute atomic E-state index is 0.0635. The lowest BCUT2D eigenvalue weighted by Gasteiger charge is -2.50. The summed E-state index contributed by atoms with van der Waals surface area (Å²) >= 11 is 0. The number of aliphatic hydroxyl groups is 10. The molecule has 71 heavy (non-hydrogen) atoms. The van der Waals surface area contributed by atoms with Crippen molar-refractivity contribution in [2.75, 3.05) is 29.5 Å². The first kappa shape index (κ1) is 55.5. The number of carbonyl (C=O) groups is 4. The van der Waals surface area contributed by atoms with Gasteiger partial charge >= 0.3 is 5.97 Å². The summed E-state index contributed by atoms with van der Waals surface area (Å²) in [6.45, 7) is 0.209. The molecule has 29 heteroatoms. The number of carbonyl (C=O) groups excluding carboxylic acids is 3. The van der Waals surface area contributed by atoms with Gasteiger partial charge in [-0.3, -0.25) is 19.1 Å². The fraction of sp³-hybridized carbons (Fsp3) is 0.619. The summed E-state index contributed by atoms with van der Waals surface area (Å²) in [6.07, 6.45) is -33.3. The van der Waals surface area contributed by atoms with Gasteiger partial charge in [0, 0.05) is 31.5 Å². The van der Waals surface area contributed by atoms with Crippen LogP contribution in [0.3, 0.4) is 0 Å². The fourth-order valence-electron chi connectivity index (χ4n) is 8.68. The molecule has 0 saturated carbocycles. The van der Waals surface area contributed by atoms with Crippen LogP contribution in [0, 0.1) is 5.92 Å². The topological polar surface area (TPSA) is 438 Å². The van der Waals surface area contributed by atoms with E-state index in [1.54, 1.807) is 30.3 Å². The highest BCUT2D eigenvalue weighted by atomic mass is 32.2. The average molecular weight is 1030 g/mol. The Morgan fingerprint density at radius 3 is 1.76 bits per heavy atom. The highest BCUT2D eigenvalue weighted by Crippen LogP contribution is 2.39. The number of aliphatic carboxylic acids is 1. The Balaban J connectivity index is 1.38. The van der Waals surface area contributed by atoms with Crippen molar-refractivity contribution in [3.05, 3.63) is 48.5 Å². The molecule has 2 aromatic rings. The number of aliphatic hydroxyl groups excluding tert-OH is 10. The molecular weight excluding hydrogens is 977 g/mol. The van der Waals surface area contributed by atoms with Crippen molar-refractivity contribution >= 4 is 45.1 Å². The SMILES string of the molecule is CC(=O)NC1C(O)OC(CO)C(O)C1OC1OC(C(=O)Nc2ccc(NS(C)(=O)=O)c(Oc3ccccc3)c2)C(CC2OC(CO)C(O)C(OC3OC(C(=O)O)C(O)C(O)C3O)C2NC(C)=O)C(O)C1O. The highest BCUT2D eigenvalue weighted by molar-refractivity contribution is 7.92. The molecular formula is C42H58N4O24S. The standard InChI is InChI=1S/C42H58N4O24S/c1-15(49)43-25-22(65-23(13-47)28(52)35(25)68-42-33(57)30(54)31(55)37(70-42)39(59)60)12-19-27(51)32(56)41(69-36-26(44-16(2)50)40(61)66-24(14-48)29(36)53)67-34(19)38(58)45-17-9-10-20(46-71(3,62)63)21(11-17)64-18-7-5-4-6-8-18/h4-11,19,22-37,40-42,46-48,51-57,61H,12-14H2,1-3H3,(H,43,49)(H,44,50)(H,45,58)(H,59,60). The first-order valence-electron chi connectivity index (χ1n) is 21.9. The van der Waals surface area contributed by atoms with Gasteiger partial charge in [0.15, 0.2) is 30.7 Å². The van der Waals surface area contributed by atoms with Crippen LogP contribution >= 0.6 is 0 Å². The van der Waals surface area contributed by atoms with E-state index in [0.717, 1.165) is 20.1 Å². The molecule has 6 rings (SSSR count). The second-order valence-electron chi connectivity index (χ2n) is 17.3. The largest absolute Gasteiger partial charge is 0.479 e. The monoisotopic (exact) mass is 1030 g/mol. The number of rotatable bonds is 17. The van der Waals surface area contributed by atoms with Gasteiger partial charge in [-0.05, 0) is 30.7 Å². The minimum atomic E-state index is -3.89. The van der Waals surface area contributed by atoms with Crippen molar-refractivity contribution in [2.45, 2.75) is 137 Å². The zero-order valence-electron chi connectivity index (χ0n) is 37.9. The van der Waals surface area contributed by atoms with Crippen LogP contribution in [-0.4, -0.2) is 224 Å².